The van der Waals surface area contributed by atoms with Crippen LogP contribution in [0.25, 0.3) is 0 Å². The molecule has 1 heterocycles. The molecule has 1 saturated heterocycles. The maximum absolute atomic E-state index is 13.8. The Morgan fingerprint density at radius 1 is 1.35 bits per heavy atom. The van der Waals surface area contributed by atoms with Crippen LogP contribution >= 0.6 is 0 Å². The molecule has 0 unspecified atom stereocenters. The Hall–Kier alpha value is -1.34. The molecule has 1 aliphatic rings. The molecule has 5 nitrogen and oxygen atoms in total. The van der Waals surface area contributed by atoms with Gasteiger partial charge < -0.3 is 10.5 Å². The Morgan fingerprint density at radius 2 is 1.95 bits per heavy atom. The predicted octanol–water partition coefficient (Wildman–Crippen LogP) is 1.84. The molecular weight excluding hydrogens is 283 g/mol. The van der Waals surface area contributed by atoms with Crippen LogP contribution < -0.4 is 10.5 Å². The van der Waals surface area contributed by atoms with Crippen LogP contribution in [0.5, 0.6) is 5.75 Å². The second kappa shape index (κ2) is 5.57. The minimum Gasteiger partial charge on any atom is -0.492 e. The summed E-state index contributed by atoms with van der Waals surface area (Å²) in [5.41, 5.74) is 5.62. The lowest BCUT2D eigenvalue weighted by Crippen LogP contribution is -2.37. The molecule has 0 aliphatic carbocycles. The molecule has 1 aliphatic heterocycles. The van der Waals surface area contributed by atoms with Gasteiger partial charge in [-0.15, -0.1) is 0 Å². The van der Waals surface area contributed by atoms with Gasteiger partial charge >= 0.3 is 0 Å². The van der Waals surface area contributed by atoms with Crippen LogP contribution in [0.3, 0.4) is 0 Å². The molecule has 2 rings (SSSR count). The molecule has 1 aromatic rings. The highest BCUT2D eigenvalue weighted by molar-refractivity contribution is 7.89. The lowest BCUT2D eigenvalue weighted by molar-refractivity contribution is 0.288. The molecular formula is C13H19FN2O3S. The van der Waals surface area contributed by atoms with Gasteiger partial charge in [0, 0.05) is 13.1 Å². The number of hydrogen-bond donors (Lipinski definition) is 1. The summed E-state index contributed by atoms with van der Waals surface area (Å²) in [7, 11) is -2.41. The van der Waals surface area contributed by atoms with Crippen LogP contribution in [0.2, 0.25) is 0 Å². The van der Waals surface area contributed by atoms with E-state index >= 15 is 0 Å². The number of nitrogens with zero attached hydrogens (tertiary/aromatic N) is 1. The van der Waals surface area contributed by atoms with Crippen LogP contribution in [0.4, 0.5) is 10.1 Å². The van der Waals surface area contributed by atoms with Crippen molar-refractivity contribution >= 4 is 15.7 Å². The minimum absolute atomic E-state index is 0.0172. The minimum atomic E-state index is -3.70. The van der Waals surface area contributed by atoms with E-state index < -0.39 is 15.8 Å². The summed E-state index contributed by atoms with van der Waals surface area (Å²) in [5.74, 6) is -0.383. The largest absolute Gasteiger partial charge is 0.492 e. The monoisotopic (exact) mass is 302 g/mol. The zero-order valence-corrected chi connectivity index (χ0v) is 12.4. The Bertz CT molecular complexity index is 573. The second-order valence-corrected chi connectivity index (χ2v) is 7.05. The van der Waals surface area contributed by atoms with E-state index in [1.54, 1.807) is 0 Å². The van der Waals surface area contributed by atoms with Crippen LogP contribution in [-0.2, 0) is 10.0 Å². The third-order valence-electron chi connectivity index (χ3n) is 3.63. The lowest BCUT2D eigenvalue weighted by Gasteiger charge is -2.29. The zero-order valence-electron chi connectivity index (χ0n) is 11.6. The maximum atomic E-state index is 13.8. The third-order valence-corrected chi connectivity index (χ3v) is 5.51. The van der Waals surface area contributed by atoms with E-state index in [-0.39, 0.29) is 16.3 Å². The molecule has 20 heavy (non-hydrogen) atoms. The van der Waals surface area contributed by atoms with Crippen molar-refractivity contribution in [1.82, 2.24) is 4.31 Å². The van der Waals surface area contributed by atoms with Crippen molar-refractivity contribution in [1.29, 1.82) is 0 Å². The zero-order chi connectivity index (χ0) is 14.9. The van der Waals surface area contributed by atoms with Gasteiger partial charge in [0.1, 0.15) is 0 Å². The highest BCUT2D eigenvalue weighted by Crippen LogP contribution is 2.31. The van der Waals surface area contributed by atoms with Crippen molar-refractivity contribution in [3.8, 4) is 5.75 Å². The predicted molar refractivity (Wildman–Crippen MR) is 74.5 cm³/mol. The van der Waals surface area contributed by atoms with Crippen molar-refractivity contribution in [3.63, 3.8) is 0 Å². The normalized spacial score (nSPS) is 18.1. The summed E-state index contributed by atoms with van der Waals surface area (Å²) in [4.78, 5) is -0.122. The first-order valence-corrected chi connectivity index (χ1v) is 7.93. The van der Waals surface area contributed by atoms with E-state index in [0.29, 0.717) is 19.0 Å². The van der Waals surface area contributed by atoms with E-state index in [4.69, 9.17) is 10.5 Å². The van der Waals surface area contributed by atoms with Gasteiger partial charge in [-0.05, 0) is 30.9 Å². The number of ether oxygens (including phenoxy) is 1. The molecule has 2 N–H and O–H groups in total. The summed E-state index contributed by atoms with van der Waals surface area (Å²) in [5, 5.41) is 0. The second-order valence-electron chi connectivity index (χ2n) is 5.11. The van der Waals surface area contributed by atoms with E-state index in [9.17, 15) is 12.8 Å². The van der Waals surface area contributed by atoms with Gasteiger partial charge in [-0.1, -0.05) is 6.92 Å². The van der Waals surface area contributed by atoms with Gasteiger partial charge in [-0.2, -0.15) is 4.31 Å². The summed E-state index contributed by atoms with van der Waals surface area (Å²) in [6, 6.07) is 2.21. The number of benzene rings is 1. The maximum Gasteiger partial charge on any atom is 0.243 e. The van der Waals surface area contributed by atoms with Crippen molar-refractivity contribution in [2.75, 3.05) is 25.9 Å². The van der Waals surface area contributed by atoms with Gasteiger partial charge in [0.15, 0.2) is 11.6 Å². The van der Waals surface area contributed by atoms with E-state index in [1.807, 2.05) is 0 Å². The van der Waals surface area contributed by atoms with Crippen LogP contribution in [0.15, 0.2) is 17.0 Å². The van der Waals surface area contributed by atoms with Crippen molar-refractivity contribution in [2.24, 2.45) is 5.92 Å². The molecule has 0 amide bonds. The van der Waals surface area contributed by atoms with Gasteiger partial charge in [0.2, 0.25) is 10.0 Å². The SMILES string of the molecule is COc1c(N)cc(S(=O)(=O)N2CCC(C)CC2)cc1F. The number of hydrogen-bond acceptors (Lipinski definition) is 4. The first-order valence-electron chi connectivity index (χ1n) is 6.49. The van der Waals surface area contributed by atoms with E-state index in [2.05, 4.69) is 6.92 Å². The van der Waals surface area contributed by atoms with Crippen LogP contribution in [-0.4, -0.2) is 32.9 Å². The molecule has 0 spiro atoms. The molecule has 1 fully saturated rings. The number of anilines is 1. The summed E-state index contributed by atoms with van der Waals surface area (Å²) in [6.45, 7) is 3.00. The van der Waals surface area contributed by atoms with Gasteiger partial charge in [-0.3, -0.25) is 0 Å². The van der Waals surface area contributed by atoms with Crippen LogP contribution in [0.1, 0.15) is 19.8 Å². The van der Waals surface area contributed by atoms with E-state index in [1.165, 1.54) is 17.5 Å². The highest BCUT2D eigenvalue weighted by atomic mass is 32.2. The topological polar surface area (TPSA) is 72.6 Å². The third kappa shape index (κ3) is 2.73. The Kier molecular flexibility index (Phi) is 4.19. The molecule has 0 atom stereocenters. The summed E-state index contributed by atoms with van der Waals surface area (Å²) in [6.07, 6.45) is 1.63. The number of methoxy groups -OCH3 is 1. The van der Waals surface area contributed by atoms with Gasteiger partial charge in [0.05, 0.1) is 17.7 Å². The van der Waals surface area contributed by atoms with Gasteiger partial charge in [-0.25, -0.2) is 12.8 Å². The Labute approximate surface area is 118 Å². The molecule has 0 bridgehead atoms. The fourth-order valence-corrected chi connectivity index (χ4v) is 3.85. The quantitative estimate of drug-likeness (QED) is 0.865. The molecule has 0 saturated carbocycles. The highest BCUT2D eigenvalue weighted by Gasteiger charge is 2.29. The Morgan fingerprint density at radius 3 is 2.45 bits per heavy atom. The first-order chi connectivity index (χ1) is 9.36. The standard InChI is InChI=1S/C13H19FN2O3S/c1-9-3-5-16(6-4-9)20(17,18)10-7-11(14)13(19-2)12(15)8-10/h7-9H,3-6,15H2,1-2H3. The molecule has 0 aromatic heterocycles. The average Bonchev–Trinajstić information content (AvgIpc) is 2.38. The summed E-state index contributed by atoms with van der Waals surface area (Å²) >= 11 is 0. The fourth-order valence-electron chi connectivity index (χ4n) is 2.33. The molecule has 112 valence electrons. The number of nitrogen functional groups attached to an aromatic ring is 1. The van der Waals surface area contributed by atoms with Crippen molar-refractivity contribution in [2.45, 2.75) is 24.7 Å². The fraction of sp³-hybridized carbons (Fsp3) is 0.538. The number of sulfonamides is 1. The Balaban J connectivity index is 2.35. The number of halogens is 1. The average molecular weight is 302 g/mol. The molecule has 7 heteroatoms. The smallest absolute Gasteiger partial charge is 0.243 e. The first kappa shape index (κ1) is 15.1. The van der Waals surface area contributed by atoms with Crippen molar-refractivity contribution < 1.29 is 17.5 Å². The molecule has 1 aromatic carbocycles. The van der Waals surface area contributed by atoms with Crippen LogP contribution in [0, 0.1) is 11.7 Å². The number of rotatable bonds is 3. The molecule has 0 radical (unpaired) electrons. The number of nitrogens with two attached hydrogens (primary N) is 1. The van der Waals surface area contributed by atoms with Crippen molar-refractivity contribution in [3.05, 3.63) is 17.9 Å². The van der Waals surface area contributed by atoms with E-state index in [0.717, 1.165) is 18.9 Å². The lowest BCUT2D eigenvalue weighted by atomic mass is 10.0. The number of piperidine rings is 1. The summed E-state index contributed by atoms with van der Waals surface area (Å²) < 4.78 is 44.9. The van der Waals surface area contributed by atoms with Gasteiger partial charge in [0.25, 0.3) is 0 Å².